The molecule has 2 aromatic carbocycles. The van der Waals surface area contributed by atoms with Crippen LogP contribution in [0.1, 0.15) is 28.6 Å². The maximum absolute atomic E-state index is 15.2. The highest BCUT2D eigenvalue weighted by atomic mass is 35.5. The van der Waals surface area contributed by atoms with Crippen molar-refractivity contribution >= 4 is 62.9 Å². The molecule has 12 heteroatoms. The van der Waals surface area contributed by atoms with Crippen LogP contribution in [0.4, 0.5) is 9.52 Å². The van der Waals surface area contributed by atoms with E-state index in [9.17, 15) is 14.7 Å². The molecule has 1 unspecified atom stereocenters. The Kier molecular flexibility index (Phi) is 6.87. The van der Waals surface area contributed by atoms with Gasteiger partial charge in [0, 0.05) is 22.5 Å². The van der Waals surface area contributed by atoms with Crippen LogP contribution in [0, 0.1) is 12.7 Å². The van der Waals surface area contributed by atoms with Crippen molar-refractivity contribution in [2.45, 2.75) is 23.1 Å². The van der Waals surface area contributed by atoms with Crippen LogP contribution in [0.25, 0.3) is 11.4 Å². The number of imidazole rings is 1. The van der Waals surface area contributed by atoms with E-state index in [4.69, 9.17) is 11.6 Å². The number of anilines is 1. The third-order valence-corrected chi connectivity index (χ3v) is 8.96. The zero-order valence-corrected chi connectivity index (χ0v) is 23.2. The van der Waals surface area contributed by atoms with Crippen LogP contribution in [0.2, 0.25) is 5.02 Å². The highest BCUT2D eigenvalue weighted by Gasteiger charge is 2.49. The largest absolute Gasteiger partial charge is 0.505 e. The van der Waals surface area contributed by atoms with E-state index in [1.807, 2.05) is 18.2 Å². The van der Waals surface area contributed by atoms with Gasteiger partial charge in [-0.25, -0.2) is 9.37 Å². The quantitative estimate of drug-likeness (QED) is 0.0824. The summed E-state index contributed by atoms with van der Waals surface area (Å²) in [5.41, 5.74) is 1.91. The smallest absolute Gasteiger partial charge is 0.301 e. The predicted molar refractivity (Wildman–Crippen MR) is 152 cm³/mol. The third kappa shape index (κ3) is 4.45. The van der Waals surface area contributed by atoms with E-state index >= 15 is 4.39 Å². The average Bonchev–Trinajstić information content (AvgIpc) is 3.62. The number of benzene rings is 2. The van der Waals surface area contributed by atoms with Gasteiger partial charge in [-0.1, -0.05) is 77.2 Å². The fourth-order valence-corrected chi connectivity index (χ4v) is 6.81. The maximum Gasteiger partial charge on any atom is 0.301 e. The topological polar surface area (TPSA) is 101 Å². The van der Waals surface area contributed by atoms with E-state index in [-0.39, 0.29) is 22.0 Å². The van der Waals surface area contributed by atoms with Crippen LogP contribution in [-0.4, -0.2) is 36.4 Å². The summed E-state index contributed by atoms with van der Waals surface area (Å²) in [5, 5.41) is 20.6. The molecule has 1 amide bonds. The van der Waals surface area contributed by atoms with Gasteiger partial charge < -0.3 is 5.11 Å². The minimum atomic E-state index is -1.27. The molecular formula is C28H19ClFN5O3S2. The fraction of sp³-hybridized carbons (Fsp3) is 0.107. The molecule has 3 aromatic heterocycles. The first-order valence-corrected chi connectivity index (χ1v) is 14.2. The summed E-state index contributed by atoms with van der Waals surface area (Å²) in [6, 6.07) is 17.3. The zero-order valence-electron chi connectivity index (χ0n) is 20.8. The Labute approximate surface area is 240 Å². The number of halogens is 2. The minimum Gasteiger partial charge on any atom is -0.505 e. The number of Topliss-reactive ketones (excluding diaryl/α,β-unsaturated/α-hetero) is 1. The van der Waals surface area contributed by atoms with Gasteiger partial charge in [-0.15, -0.1) is 10.2 Å². The normalized spacial score (nSPS) is 16.8. The zero-order chi connectivity index (χ0) is 28.0. The summed E-state index contributed by atoms with van der Waals surface area (Å²) >= 11 is 8.72. The Bertz CT molecular complexity index is 1840. The molecule has 1 aliphatic rings. The number of hydrogen-bond acceptors (Lipinski definition) is 8. The molecule has 1 fully saturated rings. The van der Waals surface area contributed by atoms with E-state index in [0.29, 0.717) is 26.5 Å². The van der Waals surface area contributed by atoms with Gasteiger partial charge >= 0.3 is 5.91 Å². The fourth-order valence-electron chi connectivity index (χ4n) is 4.66. The highest BCUT2D eigenvalue weighted by Crippen LogP contribution is 2.45. The number of thioether (sulfide) groups is 1. The number of fused-ring (bicyclic) bond motifs is 1. The van der Waals surface area contributed by atoms with Crippen molar-refractivity contribution in [2.75, 3.05) is 4.90 Å². The molecule has 40 heavy (non-hydrogen) atoms. The lowest BCUT2D eigenvalue weighted by atomic mass is 9.96. The lowest BCUT2D eigenvalue weighted by Crippen LogP contribution is -2.29. The molecule has 5 aromatic rings. The molecule has 1 atom stereocenters. The number of aryl methyl sites for hydroxylation is 1. The number of rotatable bonds is 6. The highest BCUT2D eigenvalue weighted by molar-refractivity contribution is 8.00. The Balaban J connectivity index is 1.45. The minimum absolute atomic E-state index is 0.0372. The van der Waals surface area contributed by atoms with Crippen molar-refractivity contribution in [1.29, 1.82) is 0 Å². The molecule has 0 bridgehead atoms. The number of carbonyl (C=O) groups is 2. The number of aliphatic hydroxyl groups is 1. The number of pyridine rings is 1. The second-order valence-electron chi connectivity index (χ2n) is 8.90. The molecule has 200 valence electrons. The molecule has 1 saturated heterocycles. The van der Waals surface area contributed by atoms with E-state index < -0.39 is 29.3 Å². The van der Waals surface area contributed by atoms with Crippen LogP contribution in [-0.2, 0) is 15.3 Å². The summed E-state index contributed by atoms with van der Waals surface area (Å²) in [4.78, 5) is 32.5. The lowest BCUT2D eigenvalue weighted by molar-refractivity contribution is -0.132. The number of aromatic nitrogens is 4. The molecule has 0 radical (unpaired) electrons. The van der Waals surface area contributed by atoms with E-state index in [0.717, 1.165) is 21.8 Å². The van der Waals surface area contributed by atoms with Crippen LogP contribution in [0.5, 0.6) is 0 Å². The van der Waals surface area contributed by atoms with Crippen molar-refractivity contribution < 1.29 is 19.1 Å². The van der Waals surface area contributed by atoms with Crippen LogP contribution >= 0.6 is 34.7 Å². The summed E-state index contributed by atoms with van der Waals surface area (Å²) in [5.74, 6) is -2.49. The molecule has 1 aliphatic heterocycles. The second kappa shape index (κ2) is 10.5. The van der Waals surface area contributed by atoms with Crippen molar-refractivity contribution in [3.05, 3.63) is 112 Å². The molecule has 0 aliphatic carbocycles. The van der Waals surface area contributed by atoms with Crippen molar-refractivity contribution in [3.8, 4) is 0 Å². The number of hydrogen-bond donors (Lipinski definition) is 1. The number of nitrogens with zero attached hydrogens (tertiary/aromatic N) is 5. The van der Waals surface area contributed by atoms with Gasteiger partial charge in [0.1, 0.15) is 23.2 Å². The van der Waals surface area contributed by atoms with Gasteiger partial charge in [0.05, 0.1) is 11.3 Å². The standard InChI is InChI=1S/C28H19ClFN5O3S2/c1-15-22(34-13-7-6-12-20(34)31-15)24(36)21-23(17-9-3-5-11-19(17)30)35(26(38)25(21)37)27-32-33-28(40-27)39-14-16-8-2-4-10-18(16)29/h2-13,23,36H,14H2,1H3/b24-21+. The van der Waals surface area contributed by atoms with Crippen molar-refractivity contribution in [3.63, 3.8) is 0 Å². The third-order valence-electron chi connectivity index (χ3n) is 6.48. The number of amides is 1. The number of aliphatic hydroxyl groups excluding tert-OH is 1. The summed E-state index contributed by atoms with van der Waals surface area (Å²) in [6.07, 6.45) is 1.69. The Morgan fingerprint density at radius 2 is 1.82 bits per heavy atom. The van der Waals surface area contributed by atoms with Crippen LogP contribution in [0.3, 0.4) is 0 Å². The first-order chi connectivity index (χ1) is 19.3. The molecule has 0 spiro atoms. The first kappa shape index (κ1) is 26.2. The average molecular weight is 592 g/mol. The molecular weight excluding hydrogens is 573 g/mol. The van der Waals surface area contributed by atoms with Crippen molar-refractivity contribution in [2.24, 2.45) is 0 Å². The van der Waals surface area contributed by atoms with E-state index in [1.165, 1.54) is 30.0 Å². The van der Waals surface area contributed by atoms with E-state index in [1.54, 1.807) is 47.9 Å². The number of ketones is 1. The van der Waals surface area contributed by atoms with Gasteiger partial charge in [0.15, 0.2) is 10.1 Å². The van der Waals surface area contributed by atoms with E-state index in [2.05, 4.69) is 15.2 Å². The summed E-state index contributed by atoms with van der Waals surface area (Å²) in [7, 11) is 0. The van der Waals surface area contributed by atoms with Crippen LogP contribution < -0.4 is 4.90 Å². The van der Waals surface area contributed by atoms with Gasteiger partial charge in [-0.2, -0.15) is 0 Å². The van der Waals surface area contributed by atoms with Crippen LogP contribution in [0.15, 0.2) is 82.8 Å². The SMILES string of the molecule is Cc1nc2ccccn2c1/C(O)=C1\C(=O)C(=O)N(c2nnc(SCc3ccccc3Cl)s2)C1c1ccccc1F. The monoisotopic (exact) mass is 591 g/mol. The Hall–Kier alpha value is -4.06. The predicted octanol–water partition coefficient (Wildman–Crippen LogP) is 6.21. The van der Waals surface area contributed by atoms with Gasteiger partial charge in [0.25, 0.3) is 5.78 Å². The molecule has 4 heterocycles. The van der Waals surface area contributed by atoms with Gasteiger partial charge in [-0.05, 0) is 36.8 Å². The first-order valence-electron chi connectivity index (χ1n) is 12.0. The maximum atomic E-state index is 15.2. The van der Waals surface area contributed by atoms with Crippen molar-refractivity contribution in [1.82, 2.24) is 19.6 Å². The van der Waals surface area contributed by atoms with Gasteiger partial charge in [-0.3, -0.25) is 18.9 Å². The van der Waals surface area contributed by atoms with Gasteiger partial charge in [0.2, 0.25) is 5.13 Å². The summed E-state index contributed by atoms with van der Waals surface area (Å²) in [6.45, 7) is 1.68. The second-order valence-corrected chi connectivity index (χ2v) is 11.5. The molecule has 6 rings (SSSR count). The lowest BCUT2D eigenvalue weighted by Gasteiger charge is -2.22. The summed E-state index contributed by atoms with van der Waals surface area (Å²) < 4.78 is 17.4. The Morgan fingerprint density at radius 3 is 2.62 bits per heavy atom. The molecule has 8 nitrogen and oxygen atoms in total. The Morgan fingerprint density at radius 1 is 1.07 bits per heavy atom. The molecule has 1 N–H and O–H groups in total. The molecule has 0 saturated carbocycles. The number of carbonyl (C=O) groups excluding carboxylic acids is 2.